The average molecular weight is 871 g/mol. The summed E-state index contributed by atoms with van der Waals surface area (Å²) in [6.07, 6.45) is 28.2. The molecule has 65 heavy (non-hydrogen) atoms. The summed E-state index contributed by atoms with van der Waals surface area (Å²) in [4.78, 5) is 0. The number of hydrogen-bond donors (Lipinski definition) is 0. The average Bonchev–Trinajstić information content (AvgIpc) is 4.24. The summed E-state index contributed by atoms with van der Waals surface area (Å²) in [5, 5.41) is 12.2. The maximum Gasteiger partial charge on any atom is 0.0368 e. The van der Waals surface area contributed by atoms with Crippen molar-refractivity contribution in [2.24, 2.45) is 0 Å². The highest BCUT2D eigenvalue weighted by molar-refractivity contribution is 7.74. The monoisotopic (exact) mass is 870 g/mol. The number of allylic oxidation sites excluding steroid dienone is 16. The summed E-state index contributed by atoms with van der Waals surface area (Å²) in [5.41, 5.74) is 17.9. The summed E-state index contributed by atoms with van der Waals surface area (Å²) in [5.74, 6) is 0. The smallest absolute Gasteiger partial charge is 0.0368 e. The van der Waals surface area contributed by atoms with Gasteiger partial charge in [-0.05, 0) is 138 Å². The maximum absolute atomic E-state index is 3.86. The fraction of sp³-hybridized carbons (Fsp3) is 0.0952. The van der Waals surface area contributed by atoms with Crippen LogP contribution in [-0.2, 0) is 0 Å². The number of fused-ring (bicyclic) bond motifs is 8. The lowest BCUT2D eigenvalue weighted by Crippen LogP contribution is -2.05. The Hall–Kier alpha value is -6.85. The Morgan fingerprint density at radius 1 is 0.600 bits per heavy atom. The van der Waals surface area contributed by atoms with Crippen LogP contribution in [0.4, 0.5) is 0 Å². The lowest BCUT2D eigenvalue weighted by Gasteiger charge is -2.24. The highest BCUT2D eigenvalue weighted by Crippen LogP contribution is 2.62. The first kappa shape index (κ1) is 42.1. The van der Waals surface area contributed by atoms with Crippen molar-refractivity contribution < 1.29 is 0 Å². The van der Waals surface area contributed by atoms with E-state index in [0.29, 0.717) is 0 Å². The molecule has 0 aliphatic heterocycles. The van der Waals surface area contributed by atoms with Gasteiger partial charge in [-0.25, -0.2) is 0 Å². The number of thiophene rings is 1. The minimum absolute atomic E-state index is 0.834. The van der Waals surface area contributed by atoms with E-state index in [1.807, 2.05) is 57.3 Å². The Morgan fingerprint density at radius 3 is 1.98 bits per heavy atom. The molecule has 314 valence electrons. The molecule has 1 aromatic heterocycles. The predicted octanol–water partition coefficient (Wildman–Crippen LogP) is 18.9. The Labute approximate surface area is 389 Å². The van der Waals surface area contributed by atoms with E-state index in [9.17, 15) is 0 Å². The van der Waals surface area contributed by atoms with Crippen molar-refractivity contribution in [2.75, 3.05) is 0 Å². The second-order valence-corrected chi connectivity index (χ2v) is 19.2. The van der Waals surface area contributed by atoms with Gasteiger partial charge in [-0.15, -0.1) is 17.1 Å². The lowest BCUT2D eigenvalue weighted by atomic mass is 9.82. The van der Waals surface area contributed by atoms with Crippen molar-refractivity contribution in [3.05, 3.63) is 240 Å². The number of rotatable bonds is 9. The Morgan fingerprint density at radius 2 is 1.29 bits per heavy atom. The fourth-order valence-electron chi connectivity index (χ4n) is 10.1. The quantitative estimate of drug-likeness (QED) is 0.0770. The third-order valence-corrected chi connectivity index (χ3v) is 16.3. The van der Waals surface area contributed by atoms with Crippen molar-refractivity contribution in [1.29, 1.82) is 0 Å². The largest absolute Gasteiger partial charge is 0.135 e. The predicted molar refractivity (Wildman–Crippen MR) is 290 cm³/mol. The Kier molecular flexibility index (Phi) is 11.9. The maximum atomic E-state index is 3.86. The standard InChI is InChI=1S/C59H39PS.2C2H6/c1-2-3-4-7-21-39-26-16-32-50(39)60(51-33-18-29-43(51)38-19-12-13-20-38)42-34-35-46-52(36-42)61-53-37-49-56-47(57(46)53)30-17-31-48(56)58-54(40-22-8-5-9-23-40)44-27-14-15-28-45(44)55(59(49)58)41-24-10-6-11-25-41;2*1-2/h2-17,19,21-25,27-37H,1,18,26H2;2*1-2H3/b4-3-,21-7?;;. The molecule has 4 aliphatic rings. The molecule has 0 spiro atoms. The molecule has 7 aromatic carbocycles. The molecule has 2 heteroatoms. The van der Waals surface area contributed by atoms with Gasteiger partial charge in [-0.2, -0.15) is 0 Å². The molecule has 8 aromatic rings. The first-order chi connectivity index (χ1) is 32.3. The topological polar surface area (TPSA) is 0 Å². The second kappa shape index (κ2) is 18.3. The summed E-state index contributed by atoms with van der Waals surface area (Å²) in [7, 11) is -0.834. The Bertz CT molecular complexity index is 3500. The van der Waals surface area contributed by atoms with Gasteiger partial charge in [0.15, 0.2) is 0 Å². The summed E-state index contributed by atoms with van der Waals surface area (Å²) in [6.45, 7) is 11.9. The zero-order chi connectivity index (χ0) is 44.4. The van der Waals surface area contributed by atoms with E-state index in [0.717, 1.165) is 12.8 Å². The molecule has 0 bridgehead atoms. The van der Waals surface area contributed by atoms with Crippen LogP contribution < -0.4 is 5.30 Å². The van der Waals surface area contributed by atoms with Gasteiger partial charge in [0, 0.05) is 25.7 Å². The molecule has 1 atom stereocenters. The van der Waals surface area contributed by atoms with Crippen LogP contribution >= 0.6 is 19.3 Å². The Balaban J connectivity index is 0.00000121. The van der Waals surface area contributed by atoms with Gasteiger partial charge >= 0.3 is 0 Å². The van der Waals surface area contributed by atoms with Crippen molar-refractivity contribution in [3.8, 4) is 44.5 Å². The van der Waals surface area contributed by atoms with Gasteiger partial charge in [-0.1, -0.05) is 210 Å². The fourth-order valence-corrected chi connectivity index (χ4v) is 14.2. The van der Waals surface area contributed by atoms with Gasteiger partial charge in [0.2, 0.25) is 0 Å². The molecule has 0 nitrogen and oxygen atoms in total. The van der Waals surface area contributed by atoms with Crippen LogP contribution in [0.15, 0.2) is 240 Å². The van der Waals surface area contributed by atoms with Crippen molar-refractivity contribution >= 4 is 66.3 Å². The molecule has 1 heterocycles. The molecule has 0 saturated carbocycles. The molecule has 4 aliphatic carbocycles. The van der Waals surface area contributed by atoms with E-state index < -0.39 is 7.92 Å². The molecular formula is C63H51PS. The molecule has 1 unspecified atom stereocenters. The van der Waals surface area contributed by atoms with E-state index in [2.05, 4.69) is 194 Å². The number of benzene rings is 7. The van der Waals surface area contributed by atoms with Crippen LogP contribution in [-0.4, -0.2) is 0 Å². The molecular weight excluding hydrogens is 820 g/mol. The van der Waals surface area contributed by atoms with E-state index in [1.54, 1.807) is 0 Å². The zero-order valence-electron chi connectivity index (χ0n) is 37.5. The summed E-state index contributed by atoms with van der Waals surface area (Å²) in [6, 6.07) is 48.1. The molecule has 0 fully saturated rings. The first-order valence-corrected chi connectivity index (χ1v) is 25.2. The first-order valence-electron chi connectivity index (χ1n) is 23.1. The number of hydrogen-bond acceptors (Lipinski definition) is 1. The van der Waals surface area contributed by atoms with Crippen LogP contribution in [0.2, 0.25) is 0 Å². The molecule has 0 amide bonds. The van der Waals surface area contributed by atoms with Crippen LogP contribution in [0, 0.1) is 0 Å². The van der Waals surface area contributed by atoms with E-state index in [1.165, 1.54) is 119 Å². The normalized spacial score (nSPS) is 14.9. The minimum Gasteiger partial charge on any atom is -0.135 e. The van der Waals surface area contributed by atoms with Crippen molar-refractivity contribution in [3.63, 3.8) is 0 Å². The minimum atomic E-state index is -0.834. The van der Waals surface area contributed by atoms with E-state index >= 15 is 0 Å². The van der Waals surface area contributed by atoms with Gasteiger partial charge in [0.1, 0.15) is 0 Å². The highest BCUT2D eigenvalue weighted by Gasteiger charge is 2.33. The van der Waals surface area contributed by atoms with Gasteiger partial charge in [-0.3, -0.25) is 0 Å². The SMILES string of the molecule is C=C/C=C\C=CC1=C(P(C2=CCC=C2C2=C=CC=C2)c2ccc3c(c2)sc2cc4c5c(cccc5c23)-c2c-4c(-c3ccccc3)c3ccccc3c2-c2ccccc2)C=CC1.CC.CC. The van der Waals surface area contributed by atoms with E-state index in [4.69, 9.17) is 0 Å². The van der Waals surface area contributed by atoms with E-state index in [-0.39, 0.29) is 0 Å². The van der Waals surface area contributed by atoms with Gasteiger partial charge in [0.25, 0.3) is 0 Å². The third-order valence-electron chi connectivity index (χ3n) is 12.6. The van der Waals surface area contributed by atoms with Crippen molar-refractivity contribution in [1.82, 2.24) is 0 Å². The van der Waals surface area contributed by atoms with Crippen LogP contribution in [0.25, 0.3) is 86.2 Å². The highest BCUT2D eigenvalue weighted by atomic mass is 32.1. The third kappa shape index (κ3) is 7.13. The van der Waals surface area contributed by atoms with Crippen LogP contribution in [0.5, 0.6) is 0 Å². The second-order valence-electron chi connectivity index (χ2n) is 15.9. The van der Waals surface area contributed by atoms with Crippen molar-refractivity contribution in [2.45, 2.75) is 40.5 Å². The molecule has 12 rings (SSSR count). The summed E-state index contributed by atoms with van der Waals surface area (Å²) >= 11 is 1.95. The van der Waals surface area contributed by atoms with Crippen LogP contribution in [0.1, 0.15) is 40.5 Å². The zero-order valence-corrected chi connectivity index (χ0v) is 39.2. The van der Waals surface area contributed by atoms with Gasteiger partial charge in [0.05, 0.1) is 0 Å². The van der Waals surface area contributed by atoms with Gasteiger partial charge < -0.3 is 0 Å². The molecule has 0 N–H and O–H groups in total. The molecule has 0 radical (unpaired) electrons. The van der Waals surface area contributed by atoms with Crippen LogP contribution in [0.3, 0.4) is 0 Å². The summed E-state index contributed by atoms with van der Waals surface area (Å²) < 4.78 is 2.68. The molecule has 0 saturated heterocycles. The lowest BCUT2D eigenvalue weighted by molar-refractivity contribution is 1.33.